The van der Waals surface area contributed by atoms with E-state index in [4.69, 9.17) is 0 Å². The fourth-order valence-electron chi connectivity index (χ4n) is 2.93. The van der Waals surface area contributed by atoms with Crippen LogP contribution in [0.25, 0.3) is 11.4 Å². The molecule has 0 aliphatic heterocycles. The molecule has 2 heterocycles. The molecular weight excluding hydrogens is 386 g/mol. The third-order valence-corrected chi connectivity index (χ3v) is 5.28. The molecule has 0 bridgehead atoms. The van der Waals surface area contributed by atoms with E-state index in [9.17, 15) is 4.79 Å². The van der Waals surface area contributed by atoms with Crippen LogP contribution in [0.3, 0.4) is 0 Å². The Morgan fingerprint density at radius 2 is 2.00 bits per heavy atom. The molecule has 0 spiro atoms. The summed E-state index contributed by atoms with van der Waals surface area (Å²) < 4.78 is 3.61. The summed E-state index contributed by atoms with van der Waals surface area (Å²) in [6.07, 6.45) is 3.64. The highest BCUT2D eigenvalue weighted by Crippen LogP contribution is 2.23. The Kier molecular flexibility index (Phi) is 5.39. The van der Waals surface area contributed by atoms with Crippen molar-refractivity contribution in [1.29, 1.82) is 0 Å². The molecule has 4 aromatic rings. The third-order valence-electron chi connectivity index (χ3n) is 4.31. The maximum absolute atomic E-state index is 12.5. The molecule has 9 heteroatoms. The van der Waals surface area contributed by atoms with Crippen LogP contribution in [-0.2, 0) is 4.79 Å². The van der Waals surface area contributed by atoms with Gasteiger partial charge in [0.05, 0.1) is 17.1 Å². The second kappa shape index (κ2) is 8.27. The number of hydrogen-bond acceptors (Lipinski definition) is 6. The summed E-state index contributed by atoms with van der Waals surface area (Å²) >= 11 is 1.39. The lowest BCUT2D eigenvalue weighted by Crippen LogP contribution is -2.15. The van der Waals surface area contributed by atoms with Crippen LogP contribution in [0.1, 0.15) is 11.4 Å². The highest BCUT2D eigenvalue weighted by atomic mass is 32.2. The Balaban J connectivity index is 1.43. The monoisotopic (exact) mass is 405 g/mol. The number of carbonyl (C=O) groups excluding carboxylic acids is 1. The molecule has 0 fully saturated rings. The normalized spacial score (nSPS) is 10.8. The van der Waals surface area contributed by atoms with Gasteiger partial charge in [0.2, 0.25) is 5.91 Å². The first-order valence-electron chi connectivity index (χ1n) is 8.99. The molecule has 2 aromatic carbocycles. The van der Waals surface area contributed by atoms with Gasteiger partial charge in [0, 0.05) is 18.1 Å². The summed E-state index contributed by atoms with van der Waals surface area (Å²) in [5.74, 6) is 0.809. The molecular formula is C20H19N7OS. The number of hydrogen-bond donors (Lipinski definition) is 1. The van der Waals surface area contributed by atoms with E-state index in [1.165, 1.54) is 11.8 Å². The summed E-state index contributed by atoms with van der Waals surface area (Å²) in [6.45, 7) is 3.87. The summed E-state index contributed by atoms with van der Waals surface area (Å²) in [5, 5.41) is 15.2. The number of amides is 1. The lowest BCUT2D eigenvalue weighted by atomic mass is 10.2. The molecule has 29 heavy (non-hydrogen) atoms. The highest BCUT2D eigenvalue weighted by molar-refractivity contribution is 7.99. The Morgan fingerprint density at radius 3 is 2.79 bits per heavy atom. The Morgan fingerprint density at radius 1 is 1.14 bits per heavy atom. The minimum atomic E-state index is -0.111. The minimum absolute atomic E-state index is 0.111. The van der Waals surface area contributed by atoms with E-state index < -0.39 is 0 Å². The van der Waals surface area contributed by atoms with Gasteiger partial charge in [-0.1, -0.05) is 36.0 Å². The number of carbonyl (C=O) groups is 1. The number of anilines is 1. The van der Waals surface area contributed by atoms with E-state index in [1.54, 1.807) is 10.9 Å². The molecule has 4 rings (SSSR count). The van der Waals surface area contributed by atoms with Crippen molar-refractivity contribution in [3.63, 3.8) is 0 Å². The molecule has 0 unspecified atom stereocenters. The number of nitrogens with zero attached hydrogens (tertiary/aromatic N) is 6. The largest absolute Gasteiger partial charge is 0.325 e. The van der Waals surface area contributed by atoms with Crippen molar-refractivity contribution in [3.05, 3.63) is 72.3 Å². The van der Waals surface area contributed by atoms with Crippen LogP contribution in [0.5, 0.6) is 0 Å². The molecule has 146 valence electrons. The lowest BCUT2D eigenvalue weighted by Gasteiger charge is -2.10. The fraction of sp³-hybridized carbons (Fsp3) is 0.150. The lowest BCUT2D eigenvalue weighted by molar-refractivity contribution is -0.113. The quantitative estimate of drug-likeness (QED) is 0.496. The van der Waals surface area contributed by atoms with E-state index in [2.05, 4.69) is 38.8 Å². The average molecular weight is 405 g/mol. The number of aryl methyl sites for hydroxylation is 2. The first kappa shape index (κ1) is 18.9. The van der Waals surface area contributed by atoms with E-state index in [-0.39, 0.29) is 11.7 Å². The summed E-state index contributed by atoms with van der Waals surface area (Å²) in [4.78, 5) is 16.9. The molecule has 1 amide bonds. The zero-order valence-electron chi connectivity index (χ0n) is 16.0. The van der Waals surface area contributed by atoms with Gasteiger partial charge in [-0.05, 0) is 54.1 Å². The van der Waals surface area contributed by atoms with Gasteiger partial charge >= 0.3 is 0 Å². The topological polar surface area (TPSA) is 90.5 Å². The zero-order chi connectivity index (χ0) is 20.2. The summed E-state index contributed by atoms with van der Waals surface area (Å²) in [7, 11) is 0. The molecule has 8 nitrogen and oxygen atoms in total. The van der Waals surface area contributed by atoms with E-state index in [0.29, 0.717) is 11.5 Å². The molecule has 0 atom stereocenters. The number of benzene rings is 2. The van der Waals surface area contributed by atoms with Gasteiger partial charge in [-0.3, -0.25) is 9.36 Å². The van der Waals surface area contributed by atoms with Crippen molar-refractivity contribution in [2.75, 3.05) is 11.1 Å². The van der Waals surface area contributed by atoms with Crippen LogP contribution in [0, 0.1) is 13.8 Å². The number of tetrazole rings is 1. The van der Waals surface area contributed by atoms with Crippen molar-refractivity contribution in [3.8, 4) is 11.4 Å². The van der Waals surface area contributed by atoms with Crippen molar-refractivity contribution in [1.82, 2.24) is 29.8 Å². The van der Waals surface area contributed by atoms with Crippen LogP contribution >= 0.6 is 11.8 Å². The molecule has 0 saturated heterocycles. The number of para-hydroxylation sites is 1. The minimum Gasteiger partial charge on any atom is -0.325 e. The fourth-order valence-corrected chi connectivity index (χ4v) is 3.69. The number of nitrogens with one attached hydrogen (secondary N) is 1. The Hall–Kier alpha value is -3.46. The zero-order valence-corrected chi connectivity index (χ0v) is 16.8. The SMILES string of the molecule is Cc1ccccc1-n1ccnc1SCC(=O)Nc1cccc(-n2nnnc2C)c1. The number of thioether (sulfide) groups is 1. The molecule has 1 N–H and O–H groups in total. The van der Waals surface area contributed by atoms with Crippen molar-refractivity contribution in [2.45, 2.75) is 19.0 Å². The number of imidazole rings is 1. The van der Waals surface area contributed by atoms with Gasteiger partial charge < -0.3 is 5.32 Å². The Labute approximate surface area is 172 Å². The van der Waals surface area contributed by atoms with Crippen LogP contribution in [0.4, 0.5) is 5.69 Å². The summed E-state index contributed by atoms with van der Waals surface area (Å²) in [6, 6.07) is 15.5. The van der Waals surface area contributed by atoms with Crippen LogP contribution < -0.4 is 5.32 Å². The maximum atomic E-state index is 12.5. The van der Waals surface area contributed by atoms with Gasteiger partial charge in [0.1, 0.15) is 0 Å². The first-order chi connectivity index (χ1) is 14.1. The van der Waals surface area contributed by atoms with Gasteiger partial charge in [-0.25, -0.2) is 4.98 Å². The van der Waals surface area contributed by atoms with Gasteiger partial charge in [-0.2, -0.15) is 4.68 Å². The second-order valence-electron chi connectivity index (χ2n) is 6.39. The van der Waals surface area contributed by atoms with E-state index in [0.717, 1.165) is 22.1 Å². The number of aromatic nitrogens is 6. The van der Waals surface area contributed by atoms with Gasteiger partial charge in [0.15, 0.2) is 11.0 Å². The molecule has 0 aliphatic rings. The summed E-state index contributed by atoms with van der Waals surface area (Å²) in [5.41, 5.74) is 3.67. The standard InChI is InChI=1S/C20H19N7OS/c1-14-6-3-4-9-18(14)26-11-10-21-20(26)29-13-19(28)22-16-7-5-8-17(12-16)27-15(2)23-24-25-27/h3-12H,13H2,1-2H3,(H,22,28). The molecule has 2 aromatic heterocycles. The highest BCUT2D eigenvalue weighted by Gasteiger charge is 2.11. The first-order valence-corrected chi connectivity index (χ1v) is 9.98. The molecule has 0 radical (unpaired) electrons. The molecule has 0 saturated carbocycles. The van der Waals surface area contributed by atoms with Crippen molar-refractivity contribution in [2.24, 2.45) is 0 Å². The van der Waals surface area contributed by atoms with Crippen molar-refractivity contribution < 1.29 is 4.79 Å². The van der Waals surface area contributed by atoms with Gasteiger partial charge in [-0.15, -0.1) is 5.10 Å². The van der Waals surface area contributed by atoms with Crippen LogP contribution in [-0.4, -0.2) is 41.4 Å². The Bertz CT molecular complexity index is 1150. The third kappa shape index (κ3) is 4.19. The van der Waals surface area contributed by atoms with E-state index >= 15 is 0 Å². The van der Waals surface area contributed by atoms with Crippen LogP contribution in [0.15, 0.2) is 66.1 Å². The number of rotatable bonds is 6. The van der Waals surface area contributed by atoms with E-state index in [1.807, 2.05) is 60.2 Å². The smallest absolute Gasteiger partial charge is 0.234 e. The molecule has 0 aliphatic carbocycles. The van der Waals surface area contributed by atoms with Gasteiger partial charge in [0.25, 0.3) is 0 Å². The average Bonchev–Trinajstić information content (AvgIpc) is 3.36. The van der Waals surface area contributed by atoms with Crippen LogP contribution in [0.2, 0.25) is 0 Å². The predicted molar refractivity (Wildman–Crippen MR) is 112 cm³/mol. The van der Waals surface area contributed by atoms with Crippen molar-refractivity contribution >= 4 is 23.4 Å². The second-order valence-corrected chi connectivity index (χ2v) is 7.33. The maximum Gasteiger partial charge on any atom is 0.234 e. The predicted octanol–water partition coefficient (Wildman–Crippen LogP) is 3.20.